The van der Waals surface area contributed by atoms with E-state index in [1.165, 1.54) is 24.8 Å². The number of allylic oxidation sites excluding steroid dienone is 4. The van der Waals surface area contributed by atoms with E-state index >= 15 is 0 Å². The van der Waals surface area contributed by atoms with E-state index in [1.807, 2.05) is 12.2 Å². The van der Waals surface area contributed by atoms with Crippen molar-refractivity contribution >= 4 is 5.78 Å². The van der Waals surface area contributed by atoms with Gasteiger partial charge in [-0.05, 0) is 61.5 Å². The molecule has 6 atom stereocenters. The lowest BCUT2D eigenvalue weighted by Crippen LogP contribution is -2.56. The molecule has 1 heterocycles. The highest BCUT2D eigenvalue weighted by Crippen LogP contribution is 2.69. The van der Waals surface area contributed by atoms with Crippen LogP contribution in [0.2, 0.25) is 0 Å². The van der Waals surface area contributed by atoms with E-state index in [4.69, 9.17) is 9.47 Å². The zero-order valence-electron chi connectivity index (χ0n) is 15.7. The fourth-order valence-corrected chi connectivity index (χ4v) is 7.44. The smallest absolute Gasteiger partial charge is 0.178 e. The molecule has 4 fully saturated rings. The first-order valence-corrected chi connectivity index (χ1v) is 10.1. The average Bonchev–Trinajstić information content (AvgIpc) is 3.17. The molecule has 3 nitrogen and oxygen atoms in total. The minimum absolute atomic E-state index is 0.0690. The predicted octanol–water partition coefficient (Wildman–Crippen LogP) is 4.28. The molecule has 1 saturated heterocycles. The molecule has 0 aromatic heterocycles. The maximum atomic E-state index is 11.9. The molecule has 25 heavy (non-hydrogen) atoms. The summed E-state index contributed by atoms with van der Waals surface area (Å²) >= 11 is 0. The largest absolute Gasteiger partial charge is 0.347 e. The van der Waals surface area contributed by atoms with Gasteiger partial charge in [0.1, 0.15) is 0 Å². The summed E-state index contributed by atoms with van der Waals surface area (Å²) in [6.07, 6.45) is 11.7. The molecule has 5 rings (SSSR count). The molecule has 0 bridgehead atoms. The molecular formula is C22H30O3. The number of hydrogen-bond acceptors (Lipinski definition) is 3. The minimum Gasteiger partial charge on any atom is -0.347 e. The van der Waals surface area contributed by atoms with Gasteiger partial charge in [0.05, 0.1) is 13.2 Å². The van der Waals surface area contributed by atoms with Crippen LogP contribution in [0.15, 0.2) is 23.8 Å². The molecule has 0 aromatic rings. The molecule has 4 aliphatic carbocycles. The fraction of sp³-hybridized carbons (Fsp3) is 0.773. The first kappa shape index (κ1) is 16.3. The van der Waals surface area contributed by atoms with Gasteiger partial charge in [-0.15, -0.1) is 0 Å². The van der Waals surface area contributed by atoms with Crippen molar-refractivity contribution in [2.45, 2.75) is 58.7 Å². The highest BCUT2D eigenvalue weighted by Gasteiger charge is 2.67. The van der Waals surface area contributed by atoms with Crippen LogP contribution in [0, 0.1) is 34.5 Å². The van der Waals surface area contributed by atoms with Crippen molar-refractivity contribution in [2.24, 2.45) is 34.5 Å². The summed E-state index contributed by atoms with van der Waals surface area (Å²) in [5.41, 5.74) is 1.59. The normalized spacial score (nSPS) is 50.4. The van der Waals surface area contributed by atoms with Gasteiger partial charge in [-0.1, -0.05) is 32.4 Å². The van der Waals surface area contributed by atoms with Crippen LogP contribution in [-0.2, 0) is 14.3 Å². The van der Waals surface area contributed by atoms with Crippen molar-refractivity contribution in [2.75, 3.05) is 13.2 Å². The van der Waals surface area contributed by atoms with Crippen LogP contribution < -0.4 is 0 Å². The Balaban J connectivity index is 1.54. The average molecular weight is 342 g/mol. The summed E-state index contributed by atoms with van der Waals surface area (Å²) in [5.74, 6) is 2.49. The molecule has 0 amide bonds. The SMILES string of the molecule is C[C@@H]1CC2=CC(=O)C=C[C@]2(C)[C@@H]2CC[C@]3(C)[C@H](CCC34OCCO4)[C@@H]12. The molecule has 5 aliphatic rings. The summed E-state index contributed by atoms with van der Waals surface area (Å²) in [7, 11) is 0. The van der Waals surface area contributed by atoms with Crippen molar-refractivity contribution in [1.29, 1.82) is 0 Å². The van der Waals surface area contributed by atoms with Gasteiger partial charge >= 0.3 is 0 Å². The number of ether oxygens (including phenoxy) is 2. The Morgan fingerprint density at radius 3 is 2.56 bits per heavy atom. The van der Waals surface area contributed by atoms with Crippen molar-refractivity contribution in [3.8, 4) is 0 Å². The van der Waals surface area contributed by atoms with Crippen molar-refractivity contribution in [3.05, 3.63) is 23.8 Å². The summed E-state index contributed by atoms with van der Waals surface area (Å²) in [6, 6.07) is 0. The summed E-state index contributed by atoms with van der Waals surface area (Å²) in [5, 5.41) is 0. The van der Waals surface area contributed by atoms with Crippen LogP contribution in [0.5, 0.6) is 0 Å². The van der Waals surface area contributed by atoms with Crippen molar-refractivity contribution in [1.82, 2.24) is 0 Å². The molecule has 0 unspecified atom stereocenters. The predicted molar refractivity (Wildman–Crippen MR) is 95.8 cm³/mol. The lowest BCUT2D eigenvalue weighted by Gasteiger charge is -2.59. The van der Waals surface area contributed by atoms with Crippen LogP contribution in [0.4, 0.5) is 0 Å². The molecule has 1 aliphatic heterocycles. The topological polar surface area (TPSA) is 35.5 Å². The zero-order chi connectivity index (χ0) is 17.4. The molecule has 0 radical (unpaired) electrons. The number of carbonyl (C=O) groups excluding carboxylic acids is 1. The number of hydrogen-bond donors (Lipinski definition) is 0. The second kappa shape index (κ2) is 5.07. The van der Waals surface area contributed by atoms with E-state index in [9.17, 15) is 4.79 Å². The molecule has 3 heteroatoms. The van der Waals surface area contributed by atoms with Crippen molar-refractivity contribution in [3.63, 3.8) is 0 Å². The number of rotatable bonds is 0. The van der Waals surface area contributed by atoms with Gasteiger partial charge in [0, 0.05) is 17.3 Å². The van der Waals surface area contributed by atoms with Crippen molar-refractivity contribution < 1.29 is 14.3 Å². The Labute approximate surface area is 150 Å². The highest BCUT2D eigenvalue weighted by molar-refractivity contribution is 6.01. The van der Waals surface area contributed by atoms with Crippen LogP contribution in [0.3, 0.4) is 0 Å². The third kappa shape index (κ3) is 1.92. The second-order valence-corrected chi connectivity index (χ2v) is 9.60. The molecular weight excluding hydrogens is 312 g/mol. The first-order chi connectivity index (χ1) is 11.9. The number of fused-ring (bicyclic) bond motifs is 6. The monoisotopic (exact) mass is 342 g/mol. The molecule has 0 N–H and O–H groups in total. The third-order valence-corrected chi connectivity index (χ3v) is 8.70. The maximum Gasteiger partial charge on any atom is 0.178 e. The van der Waals surface area contributed by atoms with Gasteiger partial charge in [0.25, 0.3) is 0 Å². The lowest BCUT2D eigenvalue weighted by molar-refractivity contribution is -0.244. The van der Waals surface area contributed by atoms with Gasteiger partial charge < -0.3 is 9.47 Å². The Kier molecular flexibility index (Phi) is 3.30. The van der Waals surface area contributed by atoms with Gasteiger partial charge in [-0.2, -0.15) is 0 Å². The molecule has 3 saturated carbocycles. The van der Waals surface area contributed by atoms with E-state index in [1.54, 1.807) is 0 Å². The lowest BCUT2D eigenvalue weighted by atomic mass is 9.46. The molecule has 0 aromatic carbocycles. The van der Waals surface area contributed by atoms with E-state index in [0.717, 1.165) is 26.1 Å². The summed E-state index contributed by atoms with van der Waals surface area (Å²) in [4.78, 5) is 11.9. The van der Waals surface area contributed by atoms with E-state index in [-0.39, 0.29) is 22.4 Å². The fourth-order valence-electron chi connectivity index (χ4n) is 7.44. The van der Waals surface area contributed by atoms with Gasteiger partial charge in [-0.3, -0.25) is 4.79 Å². The van der Waals surface area contributed by atoms with Crippen LogP contribution in [-0.4, -0.2) is 24.8 Å². The zero-order valence-corrected chi connectivity index (χ0v) is 15.7. The summed E-state index contributed by atoms with van der Waals surface area (Å²) < 4.78 is 12.5. The first-order valence-electron chi connectivity index (χ1n) is 10.1. The Morgan fingerprint density at radius 2 is 1.80 bits per heavy atom. The highest BCUT2D eigenvalue weighted by atomic mass is 16.7. The van der Waals surface area contributed by atoms with Crippen LogP contribution in [0.1, 0.15) is 52.9 Å². The van der Waals surface area contributed by atoms with Crippen LogP contribution >= 0.6 is 0 Å². The quantitative estimate of drug-likeness (QED) is 0.659. The minimum atomic E-state index is -0.322. The molecule has 136 valence electrons. The Hall–Kier alpha value is -0.930. The number of ketones is 1. The van der Waals surface area contributed by atoms with E-state index < -0.39 is 0 Å². The van der Waals surface area contributed by atoms with E-state index in [0.29, 0.717) is 23.7 Å². The Bertz CT molecular complexity index is 671. The van der Waals surface area contributed by atoms with Gasteiger partial charge in [0.15, 0.2) is 11.6 Å². The van der Waals surface area contributed by atoms with E-state index in [2.05, 4.69) is 26.8 Å². The van der Waals surface area contributed by atoms with Crippen LogP contribution in [0.25, 0.3) is 0 Å². The standard InChI is InChI=1S/C22H30O3/c1-14-12-15-13-16(23)4-7-20(15,2)17-5-8-21(3)18(19(14)17)6-9-22(21)24-10-11-25-22/h4,7,13-14,17-19H,5-6,8-12H2,1-3H3/t14-,17-,18-,19+,20+,21-/m1/s1. The second-order valence-electron chi connectivity index (χ2n) is 9.60. The molecule has 1 spiro atoms. The number of carbonyl (C=O) groups is 1. The van der Waals surface area contributed by atoms with Gasteiger partial charge in [0.2, 0.25) is 0 Å². The Morgan fingerprint density at radius 1 is 1.08 bits per heavy atom. The maximum absolute atomic E-state index is 11.9. The summed E-state index contributed by atoms with van der Waals surface area (Å²) in [6.45, 7) is 8.73. The third-order valence-electron chi connectivity index (χ3n) is 8.70. The van der Waals surface area contributed by atoms with Gasteiger partial charge in [-0.25, -0.2) is 0 Å².